The van der Waals surface area contributed by atoms with E-state index in [1.165, 1.54) is 12.5 Å². The second-order valence-electron chi connectivity index (χ2n) is 6.86. The normalized spacial score (nSPS) is 25.1. The third-order valence-corrected chi connectivity index (χ3v) is 4.05. The van der Waals surface area contributed by atoms with E-state index >= 15 is 0 Å². The lowest BCUT2D eigenvalue weighted by Gasteiger charge is -2.39. The van der Waals surface area contributed by atoms with Gasteiger partial charge in [0.2, 0.25) is 0 Å². The van der Waals surface area contributed by atoms with Gasteiger partial charge < -0.3 is 16.2 Å². The Morgan fingerprint density at radius 1 is 1.40 bits per heavy atom. The quantitative estimate of drug-likeness (QED) is 0.737. The van der Waals surface area contributed by atoms with Crippen molar-refractivity contribution in [2.45, 2.75) is 46.1 Å². The molecule has 1 saturated carbocycles. The highest BCUT2D eigenvalue weighted by Crippen LogP contribution is 2.40. The van der Waals surface area contributed by atoms with Gasteiger partial charge in [-0.05, 0) is 48.8 Å². The van der Waals surface area contributed by atoms with Gasteiger partial charge in [-0.25, -0.2) is 4.79 Å². The van der Waals surface area contributed by atoms with E-state index in [1.807, 2.05) is 0 Å². The van der Waals surface area contributed by atoms with Gasteiger partial charge in [0.25, 0.3) is 0 Å². The monoisotopic (exact) mass is 276 g/mol. The Morgan fingerprint density at radius 2 is 2.10 bits per heavy atom. The predicted molar refractivity (Wildman–Crippen MR) is 82.0 cm³/mol. The van der Waals surface area contributed by atoms with Crippen LogP contribution in [0.5, 0.6) is 0 Å². The maximum atomic E-state index is 10.9. The van der Waals surface area contributed by atoms with E-state index in [0.29, 0.717) is 23.1 Å². The van der Waals surface area contributed by atoms with Crippen molar-refractivity contribution >= 4 is 17.3 Å². The summed E-state index contributed by atoms with van der Waals surface area (Å²) in [4.78, 5) is 10.9. The standard InChI is InChI=1S/C16H24N2O2/c1-10-6-12(9-16(2,3)8-10)18-14-5-4-11(15(19)20)7-13(14)17/h4-5,7,10,12,18H,6,8-9,17H2,1-3H3,(H,19,20)/t10-,12+/m1/s1. The lowest BCUT2D eigenvalue weighted by molar-refractivity contribution is 0.0697. The summed E-state index contributed by atoms with van der Waals surface area (Å²) in [6.45, 7) is 6.88. The molecule has 0 heterocycles. The number of nitrogens with one attached hydrogen (secondary N) is 1. The second-order valence-corrected chi connectivity index (χ2v) is 6.86. The smallest absolute Gasteiger partial charge is 0.335 e. The summed E-state index contributed by atoms with van der Waals surface area (Å²) in [5.74, 6) is -0.258. The van der Waals surface area contributed by atoms with Crippen LogP contribution in [0.2, 0.25) is 0 Å². The minimum absolute atomic E-state index is 0.227. The van der Waals surface area contributed by atoms with E-state index in [-0.39, 0.29) is 5.56 Å². The average Bonchev–Trinajstić information content (AvgIpc) is 2.28. The van der Waals surface area contributed by atoms with Crippen molar-refractivity contribution in [1.29, 1.82) is 0 Å². The van der Waals surface area contributed by atoms with Crippen molar-refractivity contribution in [2.24, 2.45) is 11.3 Å². The van der Waals surface area contributed by atoms with Gasteiger partial charge in [-0.1, -0.05) is 20.8 Å². The molecule has 0 bridgehead atoms. The summed E-state index contributed by atoms with van der Waals surface area (Å²) in [5, 5.41) is 12.4. The van der Waals surface area contributed by atoms with Gasteiger partial charge in [-0.2, -0.15) is 0 Å². The van der Waals surface area contributed by atoms with Crippen LogP contribution in [0.4, 0.5) is 11.4 Å². The SMILES string of the molecule is C[C@@H]1C[C@H](Nc2ccc(C(=O)O)cc2N)CC(C)(C)C1. The number of anilines is 2. The zero-order valence-corrected chi connectivity index (χ0v) is 12.4. The Labute approximate surface area is 120 Å². The number of carboxylic acids is 1. The minimum Gasteiger partial charge on any atom is -0.478 e. The first-order chi connectivity index (χ1) is 9.27. The Kier molecular flexibility index (Phi) is 3.93. The number of hydrogen-bond acceptors (Lipinski definition) is 3. The van der Waals surface area contributed by atoms with Crippen molar-refractivity contribution in [3.8, 4) is 0 Å². The highest BCUT2D eigenvalue weighted by Gasteiger charge is 2.32. The molecular weight excluding hydrogens is 252 g/mol. The molecule has 0 amide bonds. The van der Waals surface area contributed by atoms with Crippen LogP contribution >= 0.6 is 0 Å². The predicted octanol–water partition coefficient (Wildman–Crippen LogP) is 3.59. The number of aromatic carboxylic acids is 1. The molecule has 0 saturated heterocycles. The molecule has 1 aliphatic rings. The molecular formula is C16H24N2O2. The molecule has 4 N–H and O–H groups in total. The van der Waals surface area contributed by atoms with Crippen LogP contribution in [-0.2, 0) is 0 Å². The average molecular weight is 276 g/mol. The molecule has 0 aromatic heterocycles. The number of carbonyl (C=O) groups is 1. The maximum absolute atomic E-state index is 10.9. The Balaban J connectivity index is 2.12. The van der Waals surface area contributed by atoms with Gasteiger partial charge in [-0.15, -0.1) is 0 Å². The van der Waals surface area contributed by atoms with Crippen molar-refractivity contribution in [2.75, 3.05) is 11.1 Å². The molecule has 1 aromatic rings. The van der Waals surface area contributed by atoms with Gasteiger partial charge in [-0.3, -0.25) is 0 Å². The van der Waals surface area contributed by atoms with Crippen molar-refractivity contribution < 1.29 is 9.90 Å². The first-order valence-corrected chi connectivity index (χ1v) is 7.16. The minimum atomic E-state index is -0.948. The molecule has 1 aliphatic carbocycles. The number of nitrogen functional groups attached to an aromatic ring is 1. The van der Waals surface area contributed by atoms with Gasteiger partial charge in [0.1, 0.15) is 0 Å². The first-order valence-electron chi connectivity index (χ1n) is 7.16. The van der Waals surface area contributed by atoms with Gasteiger partial charge in [0.15, 0.2) is 0 Å². The fourth-order valence-corrected chi connectivity index (χ4v) is 3.50. The van der Waals surface area contributed by atoms with Crippen molar-refractivity contribution in [1.82, 2.24) is 0 Å². The highest BCUT2D eigenvalue weighted by molar-refractivity contribution is 5.90. The van der Waals surface area contributed by atoms with Crippen LogP contribution in [-0.4, -0.2) is 17.1 Å². The third kappa shape index (κ3) is 3.44. The summed E-state index contributed by atoms with van der Waals surface area (Å²) in [5.41, 5.74) is 7.86. The van der Waals surface area contributed by atoms with Gasteiger partial charge in [0.05, 0.1) is 16.9 Å². The number of carboxylic acid groups (broad SMARTS) is 1. The van der Waals surface area contributed by atoms with Crippen LogP contribution in [0.15, 0.2) is 18.2 Å². The molecule has 0 unspecified atom stereocenters. The van der Waals surface area contributed by atoms with Crippen LogP contribution in [0, 0.1) is 11.3 Å². The molecule has 0 radical (unpaired) electrons. The third-order valence-electron chi connectivity index (χ3n) is 4.05. The largest absolute Gasteiger partial charge is 0.478 e. The van der Waals surface area contributed by atoms with Crippen LogP contribution < -0.4 is 11.1 Å². The van der Waals surface area contributed by atoms with E-state index < -0.39 is 5.97 Å². The fourth-order valence-electron chi connectivity index (χ4n) is 3.50. The lowest BCUT2D eigenvalue weighted by atomic mass is 9.70. The molecule has 0 spiro atoms. The van der Waals surface area contributed by atoms with Gasteiger partial charge in [0, 0.05) is 6.04 Å². The molecule has 4 nitrogen and oxygen atoms in total. The van der Waals surface area contributed by atoms with Crippen LogP contribution in [0.25, 0.3) is 0 Å². The summed E-state index contributed by atoms with van der Waals surface area (Å²) < 4.78 is 0. The van der Waals surface area contributed by atoms with E-state index in [2.05, 4.69) is 26.1 Å². The van der Waals surface area contributed by atoms with Crippen LogP contribution in [0.1, 0.15) is 50.4 Å². The zero-order chi connectivity index (χ0) is 14.9. The lowest BCUT2D eigenvalue weighted by Crippen LogP contribution is -2.35. The number of nitrogens with two attached hydrogens (primary N) is 1. The summed E-state index contributed by atoms with van der Waals surface area (Å²) in [6.07, 6.45) is 3.49. The highest BCUT2D eigenvalue weighted by atomic mass is 16.4. The zero-order valence-electron chi connectivity index (χ0n) is 12.4. The van der Waals surface area contributed by atoms with Crippen molar-refractivity contribution in [3.63, 3.8) is 0 Å². The topological polar surface area (TPSA) is 75.3 Å². The van der Waals surface area contributed by atoms with E-state index in [1.54, 1.807) is 12.1 Å². The first kappa shape index (κ1) is 14.7. The number of rotatable bonds is 3. The molecule has 0 aliphatic heterocycles. The molecule has 2 atom stereocenters. The second kappa shape index (κ2) is 5.35. The molecule has 2 rings (SSSR count). The number of benzene rings is 1. The maximum Gasteiger partial charge on any atom is 0.335 e. The fraction of sp³-hybridized carbons (Fsp3) is 0.562. The Bertz CT molecular complexity index is 511. The Morgan fingerprint density at radius 3 is 2.65 bits per heavy atom. The van der Waals surface area contributed by atoms with E-state index in [9.17, 15) is 4.79 Å². The summed E-state index contributed by atoms with van der Waals surface area (Å²) >= 11 is 0. The van der Waals surface area contributed by atoms with E-state index in [0.717, 1.165) is 18.5 Å². The van der Waals surface area contributed by atoms with Gasteiger partial charge >= 0.3 is 5.97 Å². The molecule has 1 aromatic carbocycles. The molecule has 110 valence electrons. The molecule has 4 heteroatoms. The summed E-state index contributed by atoms with van der Waals surface area (Å²) in [7, 11) is 0. The number of hydrogen-bond donors (Lipinski definition) is 3. The van der Waals surface area contributed by atoms with E-state index in [4.69, 9.17) is 10.8 Å². The molecule has 1 fully saturated rings. The Hall–Kier alpha value is -1.71. The van der Waals surface area contributed by atoms with Crippen LogP contribution in [0.3, 0.4) is 0 Å². The molecule has 20 heavy (non-hydrogen) atoms. The summed E-state index contributed by atoms with van der Waals surface area (Å²) in [6, 6.07) is 5.28. The van der Waals surface area contributed by atoms with Crippen molar-refractivity contribution in [3.05, 3.63) is 23.8 Å².